The van der Waals surface area contributed by atoms with Gasteiger partial charge in [-0.15, -0.1) is 11.3 Å². The zero-order chi connectivity index (χ0) is 16.9. The van der Waals surface area contributed by atoms with Crippen LogP contribution in [-0.2, 0) is 17.8 Å². The summed E-state index contributed by atoms with van der Waals surface area (Å²) in [6.07, 6.45) is 3.10. The Bertz CT molecular complexity index is 918. The van der Waals surface area contributed by atoms with Gasteiger partial charge in [0.2, 0.25) is 5.91 Å². The molecule has 2 aromatic heterocycles. The number of rotatable bonds is 6. The second-order valence-corrected chi connectivity index (χ2v) is 6.21. The van der Waals surface area contributed by atoms with Gasteiger partial charge in [-0.3, -0.25) is 9.59 Å². The number of hydrogen-bond acceptors (Lipinski definition) is 6. The van der Waals surface area contributed by atoms with E-state index in [2.05, 4.69) is 15.4 Å². The minimum atomic E-state index is -0.263. The van der Waals surface area contributed by atoms with E-state index in [1.54, 1.807) is 18.3 Å². The molecular weight excluding hydrogens is 326 g/mol. The number of anilines is 1. The molecule has 0 radical (unpaired) electrons. The van der Waals surface area contributed by atoms with Gasteiger partial charge in [0.05, 0.1) is 17.3 Å². The fourth-order valence-electron chi connectivity index (χ4n) is 2.37. The van der Waals surface area contributed by atoms with Crippen LogP contribution in [0.15, 0.2) is 40.6 Å². The van der Waals surface area contributed by atoms with Crippen molar-refractivity contribution in [2.24, 2.45) is 0 Å². The van der Waals surface area contributed by atoms with E-state index in [1.807, 2.05) is 17.5 Å². The van der Waals surface area contributed by atoms with Gasteiger partial charge in [0.1, 0.15) is 6.54 Å². The number of aromatic nitrogens is 3. The maximum atomic E-state index is 12.3. The number of amides is 1. The third-order valence-electron chi connectivity index (χ3n) is 3.56. The molecule has 24 heavy (non-hydrogen) atoms. The highest BCUT2D eigenvalue weighted by atomic mass is 32.1. The van der Waals surface area contributed by atoms with Crippen LogP contribution in [0.2, 0.25) is 0 Å². The lowest BCUT2D eigenvalue weighted by atomic mass is 10.2. The van der Waals surface area contributed by atoms with Gasteiger partial charge < -0.3 is 11.1 Å². The smallest absolute Gasteiger partial charge is 0.275 e. The maximum Gasteiger partial charge on any atom is 0.275 e. The maximum absolute atomic E-state index is 12.3. The average molecular weight is 343 g/mol. The lowest BCUT2D eigenvalue weighted by Crippen LogP contribution is -2.34. The van der Waals surface area contributed by atoms with Crippen LogP contribution >= 0.6 is 11.3 Å². The first-order valence-corrected chi connectivity index (χ1v) is 8.43. The van der Waals surface area contributed by atoms with Gasteiger partial charge in [0.15, 0.2) is 5.13 Å². The molecule has 7 nitrogen and oxygen atoms in total. The third-order valence-corrected chi connectivity index (χ3v) is 4.28. The van der Waals surface area contributed by atoms with Gasteiger partial charge in [0, 0.05) is 17.3 Å². The zero-order valence-corrected chi connectivity index (χ0v) is 13.8. The van der Waals surface area contributed by atoms with Crippen molar-refractivity contribution in [3.8, 4) is 0 Å². The molecule has 2 heterocycles. The number of nitrogens with one attached hydrogen (secondary N) is 1. The SMILES string of the molecule is Nc1nc(CCCNC(=O)Cn2ncc3ccccc3c2=O)cs1. The molecule has 3 N–H and O–H groups in total. The highest BCUT2D eigenvalue weighted by Crippen LogP contribution is 2.12. The summed E-state index contributed by atoms with van der Waals surface area (Å²) in [5.74, 6) is -0.238. The normalized spacial score (nSPS) is 10.8. The van der Waals surface area contributed by atoms with Crippen molar-refractivity contribution in [2.45, 2.75) is 19.4 Å². The second kappa shape index (κ2) is 7.22. The predicted octanol–water partition coefficient (Wildman–Crippen LogP) is 1.18. The van der Waals surface area contributed by atoms with Gasteiger partial charge in [-0.05, 0) is 18.9 Å². The predicted molar refractivity (Wildman–Crippen MR) is 93.9 cm³/mol. The highest BCUT2D eigenvalue weighted by molar-refractivity contribution is 7.13. The first-order valence-electron chi connectivity index (χ1n) is 7.55. The number of carbonyl (C=O) groups is 1. The van der Waals surface area contributed by atoms with Crippen molar-refractivity contribution in [1.29, 1.82) is 0 Å². The Labute approximate surface area is 142 Å². The van der Waals surface area contributed by atoms with Crippen molar-refractivity contribution >= 4 is 33.1 Å². The van der Waals surface area contributed by atoms with Crippen LogP contribution in [0.25, 0.3) is 10.8 Å². The van der Waals surface area contributed by atoms with E-state index >= 15 is 0 Å². The zero-order valence-electron chi connectivity index (χ0n) is 12.9. The summed E-state index contributed by atoms with van der Waals surface area (Å²) in [6.45, 7) is 0.423. The number of hydrogen-bond donors (Lipinski definition) is 2. The van der Waals surface area contributed by atoms with Crippen LogP contribution in [-0.4, -0.2) is 27.2 Å². The first kappa shape index (κ1) is 16.1. The quantitative estimate of drug-likeness (QED) is 0.654. The molecule has 0 bridgehead atoms. The molecule has 0 fully saturated rings. The number of nitrogens with two attached hydrogens (primary N) is 1. The van der Waals surface area contributed by atoms with Crippen LogP contribution in [0.5, 0.6) is 0 Å². The average Bonchev–Trinajstić information content (AvgIpc) is 3.00. The molecule has 1 aromatic carbocycles. The summed E-state index contributed by atoms with van der Waals surface area (Å²) >= 11 is 1.41. The Morgan fingerprint density at radius 2 is 2.17 bits per heavy atom. The van der Waals surface area contributed by atoms with E-state index in [9.17, 15) is 9.59 Å². The molecule has 0 saturated carbocycles. The Hall–Kier alpha value is -2.74. The number of carbonyl (C=O) groups excluding carboxylic acids is 1. The molecule has 124 valence electrons. The Morgan fingerprint density at radius 1 is 1.33 bits per heavy atom. The molecule has 0 saturated heterocycles. The van der Waals surface area contributed by atoms with Crippen LogP contribution in [0.4, 0.5) is 5.13 Å². The van der Waals surface area contributed by atoms with Crippen molar-refractivity contribution in [3.05, 3.63) is 51.9 Å². The van der Waals surface area contributed by atoms with Gasteiger partial charge in [-0.2, -0.15) is 5.10 Å². The molecule has 0 aliphatic heterocycles. The van der Waals surface area contributed by atoms with E-state index in [1.165, 1.54) is 16.0 Å². The molecule has 1 amide bonds. The monoisotopic (exact) mass is 343 g/mol. The first-order chi connectivity index (χ1) is 11.6. The minimum absolute atomic E-state index is 0.0900. The van der Waals surface area contributed by atoms with Crippen molar-refractivity contribution in [1.82, 2.24) is 20.1 Å². The third kappa shape index (κ3) is 3.77. The minimum Gasteiger partial charge on any atom is -0.375 e. The van der Waals surface area contributed by atoms with E-state index in [-0.39, 0.29) is 18.0 Å². The summed E-state index contributed by atoms with van der Waals surface area (Å²) < 4.78 is 1.18. The summed E-state index contributed by atoms with van der Waals surface area (Å²) in [5, 5.41) is 10.6. The second-order valence-electron chi connectivity index (χ2n) is 5.33. The van der Waals surface area contributed by atoms with Crippen molar-refractivity contribution in [3.63, 3.8) is 0 Å². The lowest BCUT2D eigenvalue weighted by Gasteiger charge is -2.07. The van der Waals surface area contributed by atoms with E-state index in [0.29, 0.717) is 17.1 Å². The lowest BCUT2D eigenvalue weighted by molar-refractivity contribution is -0.121. The Morgan fingerprint density at radius 3 is 2.96 bits per heavy atom. The molecule has 0 atom stereocenters. The van der Waals surface area contributed by atoms with E-state index < -0.39 is 0 Å². The summed E-state index contributed by atoms with van der Waals surface area (Å²) in [6, 6.07) is 7.18. The number of fused-ring (bicyclic) bond motifs is 1. The largest absolute Gasteiger partial charge is 0.375 e. The van der Waals surface area contributed by atoms with Crippen LogP contribution < -0.4 is 16.6 Å². The topological polar surface area (TPSA) is 103 Å². The van der Waals surface area contributed by atoms with E-state index in [4.69, 9.17) is 5.73 Å². The number of nitrogens with zero attached hydrogens (tertiary/aromatic N) is 3. The molecule has 3 aromatic rings. The summed E-state index contributed by atoms with van der Waals surface area (Å²) in [7, 11) is 0. The Kier molecular flexibility index (Phi) is 4.85. The van der Waals surface area contributed by atoms with Gasteiger partial charge in [-0.1, -0.05) is 18.2 Å². The number of aryl methyl sites for hydroxylation is 1. The fourth-order valence-corrected chi connectivity index (χ4v) is 2.96. The summed E-state index contributed by atoms with van der Waals surface area (Å²) in [4.78, 5) is 28.4. The number of nitrogen functional groups attached to an aromatic ring is 1. The van der Waals surface area contributed by atoms with Crippen molar-refractivity contribution < 1.29 is 4.79 Å². The molecule has 0 aliphatic rings. The fraction of sp³-hybridized carbons (Fsp3) is 0.250. The van der Waals surface area contributed by atoms with Gasteiger partial charge in [0.25, 0.3) is 5.56 Å². The number of thiazole rings is 1. The molecular formula is C16H17N5O2S. The molecule has 8 heteroatoms. The van der Waals surface area contributed by atoms with Crippen LogP contribution in [0.1, 0.15) is 12.1 Å². The van der Waals surface area contributed by atoms with Gasteiger partial charge in [-0.25, -0.2) is 9.67 Å². The molecule has 0 unspecified atom stereocenters. The van der Waals surface area contributed by atoms with E-state index in [0.717, 1.165) is 23.9 Å². The highest BCUT2D eigenvalue weighted by Gasteiger charge is 2.08. The van der Waals surface area contributed by atoms with Crippen molar-refractivity contribution in [2.75, 3.05) is 12.3 Å². The Balaban J connectivity index is 1.53. The molecule has 3 rings (SSSR count). The molecule has 0 aliphatic carbocycles. The number of benzene rings is 1. The van der Waals surface area contributed by atoms with Crippen LogP contribution in [0, 0.1) is 0 Å². The summed E-state index contributed by atoms with van der Waals surface area (Å²) in [5.41, 5.74) is 6.24. The standard InChI is InChI=1S/C16H17N5O2S/c17-16-20-12(10-24-16)5-3-7-18-14(22)9-21-15(23)13-6-2-1-4-11(13)8-19-21/h1-2,4,6,8,10H,3,5,7,9H2,(H2,17,20)(H,18,22). The van der Waals surface area contributed by atoms with Crippen LogP contribution in [0.3, 0.4) is 0 Å². The molecule has 0 spiro atoms. The van der Waals surface area contributed by atoms with Gasteiger partial charge >= 0.3 is 0 Å².